The van der Waals surface area contributed by atoms with E-state index < -0.39 is 0 Å². The molecule has 110 valence electrons. The molecule has 0 saturated carbocycles. The molecule has 0 spiro atoms. The zero-order valence-corrected chi connectivity index (χ0v) is 12.3. The van der Waals surface area contributed by atoms with Crippen molar-refractivity contribution >= 4 is 5.95 Å². The predicted octanol–water partition coefficient (Wildman–Crippen LogP) is 3.13. The van der Waals surface area contributed by atoms with E-state index in [1.54, 1.807) is 0 Å². The van der Waals surface area contributed by atoms with Crippen LogP contribution in [0.3, 0.4) is 0 Å². The maximum Gasteiger partial charge on any atom is 0.243 e. The van der Waals surface area contributed by atoms with Crippen molar-refractivity contribution in [2.75, 3.05) is 5.32 Å². The van der Waals surface area contributed by atoms with Crippen LogP contribution in [0.15, 0.2) is 54.6 Å². The minimum Gasteiger partial charge on any atom is -0.346 e. The second kappa shape index (κ2) is 5.26. The average Bonchev–Trinajstić information content (AvgIpc) is 3.04. The molecule has 1 aromatic heterocycles. The minimum absolute atomic E-state index is 0.152. The summed E-state index contributed by atoms with van der Waals surface area (Å²) in [5.41, 5.74) is 3.76. The van der Waals surface area contributed by atoms with Gasteiger partial charge in [-0.3, -0.25) is 0 Å². The van der Waals surface area contributed by atoms with Crippen LogP contribution in [0.2, 0.25) is 0 Å². The molecule has 1 aliphatic rings. The van der Waals surface area contributed by atoms with Crippen molar-refractivity contribution in [3.05, 3.63) is 71.3 Å². The SMILES string of the molecule is Cc1ccc([C@H]2C[C@H](c3ccccc3)n3nnnc3N2)cc1. The van der Waals surface area contributed by atoms with Gasteiger partial charge in [0.05, 0.1) is 12.1 Å². The summed E-state index contributed by atoms with van der Waals surface area (Å²) in [4.78, 5) is 0. The third-order valence-electron chi connectivity index (χ3n) is 4.21. The van der Waals surface area contributed by atoms with Crippen LogP contribution in [0.25, 0.3) is 0 Å². The van der Waals surface area contributed by atoms with Gasteiger partial charge in [0.25, 0.3) is 0 Å². The first-order valence-electron chi connectivity index (χ1n) is 7.47. The first-order chi connectivity index (χ1) is 10.8. The maximum atomic E-state index is 4.15. The lowest BCUT2D eigenvalue weighted by Crippen LogP contribution is -2.28. The van der Waals surface area contributed by atoms with Crippen LogP contribution in [0, 0.1) is 6.92 Å². The Morgan fingerprint density at radius 1 is 1.00 bits per heavy atom. The van der Waals surface area contributed by atoms with Gasteiger partial charge in [0.2, 0.25) is 5.95 Å². The number of tetrazole rings is 1. The standard InChI is InChI=1S/C17H17N5/c1-12-7-9-13(10-8-12)15-11-16(14-5-3-2-4-6-14)22-17(18-15)19-20-21-22/h2-10,15-16H,11H2,1H3,(H,18,19,21)/t15-,16-/m1/s1. The topological polar surface area (TPSA) is 55.6 Å². The van der Waals surface area contributed by atoms with Gasteiger partial charge in [-0.25, -0.2) is 4.68 Å². The lowest BCUT2D eigenvalue weighted by molar-refractivity contribution is 0.424. The van der Waals surface area contributed by atoms with Crippen LogP contribution in [-0.4, -0.2) is 20.2 Å². The van der Waals surface area contributed by atoms with Crippen LogP contribution in [0.1, 0.15) is 35.2 Å². The average molecular weight is 291 g/mol. The van der Waals surface area contributed by atoms with E-state index in [0.717, 1.165) is 12.4 Å². The summed E-state index contributed by atoms with van der Waals surface area (Å²) < 4.78 is 1.88. The summed E-state index contributed by atoms with van der Waals surface area (Å²) in [6.07, 6.45) is 0.922. The number of nitrogens with one attached hydrogen (secondary N) is 1. The highest BCUT2D eigenvalue weighted by atomic mass is 15.6. The fourth-order valence-electron chi connectivity index (χ4n) is 3.01. The van der Waals surface area contributed by atoms with Crippen LogP contribution in [0.4, 0.5) is 5.95 Å². The Hall–Kier alpha value is -2.69. The molecule has 4 rings (SSSR count). The zero-order valence-electron chi connectivity index (χ0n) is 12.3. The minimum atomic E-state index is 0.152. The van der Waals surface area contributed by atoms with Crippen LogP contribution in [0.5, 0.6) is 0 Å². The van der Waals surface area contributed by atoms with Crippen molar-refractivity contribution in [1.82, 2.24) is 20.2 Å². The Morgan fingerprint density at radius 2 is 1.77 bits per heavy atom. The molecule has 0 aliphatic carbocycles. The lowest BCUT2D eigenvalue weighted by Gasteiger charge is -2.31. The molecule has 1 N–H and O–H groups in total. The van der Waals surface area contributed by atoms with E-state index in [9.17, 15) is 0 Å². The molecule has 2 heterocycles. The molecule has 5 nitrogen and oxygen atoms in total. The number of hydrogen-bond donors (Lipinski definition) is 1. The van der Waals surface area contributed by atoms with Crippen molar-refractivity contribution in [1.29, 1.82) is 0 Å². The zero-order chi connectivity index (χ0) is 14.9. The number of fused-ring (bicyclic) bond motifs is 1. The number of hydrogen-bond acceptors (Lipinski definition) is 4. The summed E-state index contributed by atoms with van der Waals surface area (Å²) in [6, 6.07) is 19.4. The van der Waals surface area contributed by atoms with Gasteiger partial charge in [-0.15, -0.1) is 0 Å². The van der Waals surface area contributed by atoms with Crippen molar-refractivity contribution in [3.8, 4) is 0 Å². The molecule has 0 amide bonds. The van der Waals surface area contributed by atoms with E-state index in [1.807, 2.05) is 10.7 Å². The van der Waals surface area contributed by atoms with E-state index in [2.05, 4.69) is 76.3 Å². The van der Waals surface area contributed by atoms with Gasteiger partial charge in [0.15, 0.2) is 0 Å². The van der Waals surface area contributed by atoms with Gasteiger partial charge in [0.1, 0.15) is 0 Å². The number of anilines is 1. The Bertz CT molecular complexity index is 763. The summed E-state index contributed by atoms with van der Waals surface area (Å²) >= 11 is 0. The summed E-state index contributed by atoms with van der Waals surface area (Å²) in [5, 5.41) is 15.5. The number of aromatic nitrogens is 4. The van der Waals surface area contributed by atoms with Gasteiger partial charge in [-0.2, -0.15) is 0 Å². The number of rotatable bonds is 2. The van der Waals surface area contributed by atoms with Crippen molar-refractivity contribution in [2.24, 2.45) is 0 Å². The van der Waals surface area contributed by atoms with Crippen LogP contribution >= 0.6 is 0 Å². The van der Waals surface area contributed by atoms with Crippen LogP contribution in [-0.2, 0) is 0 Å². The molecule has 2 atom stereocenters. The molecule has 0 bridgehead atoms. The molecule has 1 aliphatic heterocycles. The Kier molecular flexibility index (Phi) is 3.11. The number of nitrogens with zero attached hydrogens (tertiary/aromatic N) is 4. The Balaban J connectivity index is 1.72. The highest BCUT2D eigenvalue weighted by molar-refractivity contribution is 5.38. The molecule has 22 heavy (non-hydrogen) atoms. The molecule has 3 aromatic rings. The summed E-state index contributed by atoms with van der Waals surface area (Å²) in [6.45, 7) is 2.10. The van der Waals surface area contributed by atoms with Gasteiger partial charge in [-0.05, 0) is 34.9 Å². The molecule has 5 heteroatoms. The summed E-state index contributed by atoms with van der Waals surface area (Å²) in [5.74, 6) is 0.727. The van der Waals surface area contributed by atoms with E-state index >= 15 is 0 Å². The molecule has 0 unspecified atom stereocenters. The summed E-state index contributed by atoms with van der Waals surface area (Å²) in [7, 11) is 0. The maximum absolute atomic E-state index is 4.15. The predicted molar refractivity (Wildman–Crippen MR) is 84.6 cm³/mol. The molecule has 0 fully saturated rings. The first kappa shape index (κ1) is 13.0. The number of aryl methyl sites for hydroxylation is 1. The largest absolute Gasteiger partial charge is 0.346 e. The van der Waals surface area contributed by atoms with Gasteiger partial charge >= 0.3 is 0 Å². The van der Waals surface area contributed by atoms with Gasteiger partial charge in [-0.1, -0.05) is 65.3 Å². The van der Waals surface area contributed by atoms with E-state index in [0.29, 0.717) is 0 Å². The highest BCUT2D eigenvalue weighted by Crippen LogP contribution is 2.36. The van der Waals surface area contributed by atoms with Crippen molar-refractivity contribution < 1.29 is 0 Å². The third-order valence-corrected chi connectivity index (χ3v) is 4.21. The van der Waals surface area contributed by atoms with Crippen molar-refractivity contribution in [3.63, 3.8) is 0 Å². The van der Waals surface area contributed by atoms with E-state index in [-0.39, 0.29) is 12.1 Å². The quantitative estimate of drug-likeness (QED) is 0.788. The highest BCUT2D eigenvalue weighted by Gasteiger charge is 2.30. The monoisotopic (exact) mass is 291 g/mol. The fraction of sp³-hybridized carbons (Fsp3) is 0.235. The van der Waals surface area contributed by atoms with Gasteiger partial charge in [0, 0.05) is 0 Å². The molecule has 2 aromatic carbocycles. The molecular weight excluding hydrogens is 274 g/mol. The first-order valence-corrected chi connectivity index (χ1v) is 7.47. The third kappa shape index (κ3) is 2.24. The van der Waals surface area contributed by atoms with Crippen LogP contribution < -0.4 is 5.32 Å². The Morgan fingerprint density at radius 3 is 2.55 bits per heavy atom. The second-order valence-corrected chi connectivity index (χ2v) is 5.72. The number of benzene rings is 2. The fourth-order valence-corrected chi connectivity index (χ4v) is 3.01. The molecule has 0 saturated heterocycles. The van der Waals surface area contributed by atoms with E-state index in [1.165, 1.54) is 16.7 Å². The van der Waals surface area contributed by atoms with E-state index in [4.69, 9.17) is 0 Å². The van der Waals surface area contributed by atoms with Crippen molar-refractivity contribution in [2.45, 2.75) is 25.4 Å². The molecular formula is C17H17N5. The second-order valence-electron chi connectivity index (χ2n) is 5.72. The normalized spacial score (nSPS) is 20.2. The Labute approximate surface area is 129 Å². The smallest absolute Gasteiger partial charge is 0.243 e. The van der Waals surface area contributed by atoms with Gasteiger partial charge < -0.3 is 5.32 Å². The lowest BCUT2D eigenvalue weighted by atomic mass is 9.93. The molecule has 0 radical (unpaired) electrons.